The van der Waals surface area contributed by atoms with Crippen LogP contribution in [0.4, 0.5) is 5.82 Å². The maximum Gasteiger partial charge on any atom is 0.128 e. The first-order chi connectivity index (χ1) is 8.08. The Hall–Kier alpha value is -0.780. The molecular formula is C12H22N4S. The molecule has 5 heteroatoms. The normalized spacial score (nSPS) is 14.6. The third-order valence-corrected chi connectivity index (χ3v) is 4.21. The van der Waals surface area contributed by atoms with Gasteiger partial charge in [0.1, 0.15) is 5.82 Å². The standard InChI is InChI=1S/C12H22N4S/c1-4-9(3)17-7-11(16-14)10-5-8(2)6-15-12(10)13/h5-6,9,11,16H,4,7,14H2,1-3H3,(H2,13,15). The van der Waals surface area contributed by atoms with Crippen LogP contribution < -0.4 is 17.0 Å². The van der Waals surface area contributed by atoms with Gasteiger partial charge in [-0.1, -0.05) is 13.8 Å². The van der Waals surface area contributed by atoms with Crippen LogP contribution in [0.25, 0.3) is 0 Å². The predicted molar refractivity (Wildman–Crippen MR) is 75.7 cm³/mol. The summed E-state index contributed by atoms with van der Waals surface area (Å²) in [5, 5.41) is 0.629. The molecule has 0 fully saturated rings. The minimum absolute atomic E-state index is 0.0569. The topological polar surface area (TPSA) is 77.0 Å². The number of pyridine rings is 1. The number of anilines is 1. The van der Waals surface area contributed by atoms with Crippen LogP contribution in [0.3, 0.4) is 0 Å². The highest BCUT2D eigenvalue weighted by molar-refractivity contribution is 7.99. The van der Waals surface area contributed by atoms with E-state index in [1.807, 2.05) is 24.8 Å². The number of thioether (sulfide) groups is 1. The third-order valence-electron chi connectivity index (χ3n) is 2.79. The van der Waals surface area contributed by atoms with Gasteiger partial charge in [-0.3, -0.25) is 11.3 Å². The van der Waals surface area contributed by atoms with Crippen LogP contribution in [-0.4, -0.2) is 16.0 Å². The van der Waals surface area contributed by atoms with Crippen molar-refractivity contribution in [1.82, 2.24) is 10.4 Å². The summed E-state index contributed by atoms with van der Waals surface area (Å²) in [5.41, 5.74) is 10.8. The first kappa shape index (κ1) is 14.3. The molecule has 1 aromatic heterocycles. The smallest absolute Gasteiger partial charge is 0.128 e. The van der Waals surface area contributed by atoms with Gasteiger partial charge in [0.2, 0.25) is 0 Å². The molecule has 2 atom stereocenters. The molecule has 1 rings (SSSR count). The summed E-state index contributed by atoms with van der Waals surface area (Å²) < 4.78 is 0. The van der Waals surface area contributed by atoms with Gasteiger partial charge in [0.25, 0.3) is 0 Å². The summed E-state index contributed by atoms with van der Waals surface area (Å²) in [6.07, 6.45) is 2.93. The number of hydrogen-bond acceptors (Lipinski definition) is 5. The number of hydrazine groups is 1. The minimum Gasteiger partial charge on any atom is -0.383 e. The number of nitrogens with zero attached hydrogens (tertiary/aromatic N) is 1. The lowest BCUT2D eigenvalue weighted by Gasteiger charge is -2.19. The summed E-state index contributed by atoms with van der Waals surface area (Å²) in [6, 6.07) is 2.10. The van der Waals surface area contributed by atoms with Gasteiger partial charge >= 0.3 is 0 Å². The van der Waals surface area contributed by atoms with Crippen molar-refractivity contribution >= 4 is 17.6 Å². The molecule has 0 spiro atoms. The largest absolute Gasteiger partial charge is 0.383 e. The molecule has 2 unspecified atom stereocenters. The summed E-state index contributed by atoms with van der Waals surface area (Å²) in [6.45, 7) is 6.41. The number of nitrogen functional groups attached to an aromatic ring is 1. The molecule has 1 heterocycles. The molecule has 0 aliphatic rings. The summed E-state index contributed by atoms with van der Waals surface area (Å²) in [5.74, 6) is 7.07. The lowest BCUT2D eigenvalue weighted by atomic mass is 10.1. The van der Waals surface area contributed by atoms with Crippen molar-refractivity contribution < 1.29 is 0 Å². The van der Waals surface area contributed by atoms with Crippen molar-refractivity contribution in [3.63, 3.8) is 0 Å². The van der Waals surface area contributed by atoms with Gasteiger partial charge in [-0.05, 0) is 25.0 Å². The van der Waals surface area contributed by atoms with Gasteiger partial charge in [-0.2, -0.15) is 11.8 Å². The van der Waals surface area contributed by atoms with Gasteiger partial charge in [-0.25, -0.2) is 4.98 Å². The highest BCUT2D eigenvalue weighted by Gasteiger charge is 2.15. The lowest BCUT2D eigenvalue weighted by Crippen LogP contribution is -2.31. The van der Waals surface area contributed by atoms with Crippen molar-refractivity contribution in [3.05, 3.63) is 23.4 Å². The molecule has 0 radical (unpaired) electrons. The Morgan fingerprint density at radius 2 is 2.24 bits per heavy atom. The molecule has 4 nitrogen and oxygen atoms in total. The number of nitrogens with two attached hydrogens (primary N) is 2. The second-order valence-electron chi connectivity index (χ2n) is 4.26. The summed E-state index contributed by atoms with van der Waals surface area (Å²) in [4.78, 5) is 4.17. The number of rotatable bonds is 6. The van der Waals surface area contributed by atoms with E-state index in [0.717, 1.165) is 23.3 Å². The zero-order valence-electron chi connectivity index (χ0n) is 10.7. The van der Waals surface area contributed by atoms with Gasteiger partial charge in [0, 0.05) is 22.8 Å². The second-order valence-corrected chi connectivity index (χ2v) is 5.73. The van der Waals surface area contributed by atoms with E-state index in [1.165, 1.54) is 0 Å². The molecule has 0 aliphatic heterocycles. The summed E-state index contributed by atoms with van der Waals surface area (Å²) >= 11 is 1.89. The summed E-state index contributed by atoms with van der Waals surface area (Å²) in [7, 11) is 0. The van der Waals surface area contributed by atoms with Crippen LogP contribution in [0.15, 0.2) is 12.3 Å². The van der Waals surface area contributed by atoms with E-state index in [-0.39, 0.29) is 6.04 Å². The first-order valence-corrected chi connectivity index (χ1v) is 6.93. The first-order valence-electron chi connectivity index (χ1n) is 5.88. The van der Waals surface area contributed by atoms with Crippen molar-refractivity contribution in [3.8, 4) is 0 Å². The number of hydrogen-bond donors (Lipinski definition) is 3. The fourth-order valence-electron chi connectivity index (χ4n) is 1.49. The average Bonchev–Trinajstić information content (AvgIpc) is 2.33. The maximum absolute atomic E-state index is 5.89. The predicted octanol–water partition coefficient (Wildman–Crippen LogP) is 2.01. The van der Waals surface area contributed by atoms with Crippen LogP contribution in [0.5, 0.6) is 0 Å². The monoisotopic (exact) mass is 254 g/mol. The molecular weight excluding hydrogens is 232 g/mol. The second kappa shape index (κ2) is 6.83. The Bertz CT molecular complexity index is 356. The Morgan fingerprint density at radius 3 is 2.82 bits per heavy atom. The van der Waals surface area contributed by atoms with E-state index in [9.17, 15) is 0 Å². The van der Waals surface area contributed by atoms with Gasteiger partial charge < -0.3 is 5.73 Å². The van der Waals surface area contributed by atoms with E-state index in [1.54, 1.807) is 6.20 Å². The minimum atomic E-state index is 0.0569. The average molecular weight is 254 g/mol. The number of aryl methyl sites for hydroxylation is 1. The molecule has 0 aliphatic carbocycles. The van der Waals surface area contributed by atoms with Crippen LogP contribution in [0.1, 0.15) is 37.4 Å². The van der Waals surface area contributed by atoms with Crippen molar-refractivity contribution in [2.75, 3.05) is 11.5 Å². The van der Waals surface area contributed by atoms with E-state index < -0.39 is 0 Å². The highest BCUT2D eigenvalue weighted by atomic mass is 32.2. The molecule has 0 saturated heterocycles. The van der Waals surface area contributed by atoms with E-state index >= 15 is 0 Å². The van der Waals surface area contributed by atoms with Crippen LogP contribution in [0, 0.1) is 6.92 Å². The molecule has 96 valence electrons. The van der Waals surface area contributed by atoms with Crippen molar-refractivity contribution in [2.45, 2.75) is 38.5 Å². The fourth-order valence-corrected chi connectivity index (χ4v) is 2.52. The number of aromatic nitrogens is 1. The molecule has 0 bridgehead atoms. The van der Waals surface area contributed by atoms with E-state index in [0.29, 0.717) is 11.1 Å². The number of nitrogens with one attached hydrogen (secondary N) is 1. The lowest BCUT2D eigenvalue weighted by molar-refractivity contribution is 0.609. The molecule has 0 amide bonds. The molecule has 5 N–H and O–H groups in total. The Morgan fingerprint density at radius 1 is 1.53 bits per heavy atom. The SMILES string of the molecule is CCC(C)SCC(NN)c1cc(C)cnc1N. The Balaban J connectivity index is 2.75. The van der Waals surface area contributed by atoms with Crippen molar-refractivity contribution in [2.24, 2.45) is 5.84 Å². The zero-order valence-corrected chi connectivity index (χ0v) is 11.6. The molecule has 1 aromatic rings. The Labute approximate surface area is 108 Å². The van der Waals surface area contributed by atoms with E-state index in [4.69, 9.17) is 11.6 Å². The molecule has 17 heavy (non-hydrogen) atoms. The van der Waals surface area contributed by atoms with E-state index in [2.05, 4.69) is 24.3 Å². The van der Waals surface area contributed by atoms with Crippen molar-refractivity contribution in [1.29, 1.82) is 0 Å². The Kier molecular flexibility index (Phi) is 5.74. The van der Waals surface area contributed by atoms with Crippen LogP contribution in [0.2, 0.25) is 0 Å². The van der Waals surface area contributed by atoms with Crippen LogP contribution in [-0.2, 0) is 0 Å². The van der Waals surface area contributed by atoms with Gasteiger partial charge in [0.05, 0.1) is 6.04 Å². The van der Waals surface area contributed by atoms with Gasteiger partial charge in [0.15, 0.2) is 0 Å². The van der Waals surface area contributed by atoms with Gasteiger partial charge in [-0.15, -0.1) is 0 Å². The quantitative estimate of drug-likeness (QED) is 0.535. The zero-order chi connectivity index (χ0) is 12.8. The fraction of sp³-hybridized carbons (Fsp3) is 0.583. The maximum atomic E-state index is 5.89. The highest BCUT2D eigenvalue weighted by Crippen LogP contribution is 2.25. The molecule has 0 aromatic carbocycles. The third kappa shape index (κ3) is 4.18. The molecule has 0 saturated carbocycles. The van der Waals surface area contributed by atoms with Crippen LogP contribution >= 0.6 is 11.8 Å².